The summed E-state index contributed by atoms with van der Waals surface area (Å²) < 4.78 is 0. The van der Waals surface area contributed by atoms with Gasteiger partial charge in [-0.05, 0) is 54.5 Å². The lowest BCUT2D eigenvalue weighted by atomic mass is 10.0. The van der Waals surface area contributed by atoms with Crippen LogP contribution in [0.5, 0.6) is 11.5 Å². The zero-order valence-corrected chi connectivity index (χ0v) is 19.2. The number of aliphatic imine (C=N–C) groups is 1. The first-order valence-corrected chi connectivity index (χ1v) is 10.9. The van der Waals surface area contributed by atoms with Gasteiger partial charge < -0.3 is 15.5 Å². The molecule has 0 unspecified atom stereocenters. The standard InChI is InChI=1S/C26H20Cl2N2O3/c1-15-4-2-3-5-22(15)29-25-14-26(33)17(10-16-6-7-18(31)12-20(16)27)11-24(25)30-23-9-8-19(32)13-21(23)28/h2-9,11-14,29,31,33H,10H2,1H3. The molecule has 0 bridgehead atoms. The number of carbonyl (C=O) groups excluding carboxylic acids is 1. The van der Waals surface area contributed by atoms with Crippen molar-refractivity contribution in [3.05, 3.63) is 99.6 Å². The lowest BCUT2D eigenvalue weighted by molar-refractivity contribution is -0.110. The van der Waals surface area contributed by atoms with Gasteiger partial charge in [-0.2, -0.15) is 0 Å². The quantitative estimate of drug-likeness (QED) is 0.355. The van der Waals surface area contributed by atoms with E-state index in [-0.39, 0.29) is 22.3 Å². The number of phenolic OH excluding ortho intramolecular Hbond substituents is 2. The van der Waals surface area contributed by atoms with Crippen LogP contribution in [0, 0.1) is 6.92 Å². The Labute approximate surface area is 201 Å². The van der Waals surface area contributed by atoms with Gasteiger partial charge in [0, 0.05) is 34.8 Å². The lowest BCUT2D eigenvalue weighted by Crippen LogP contribution is -2.04. The number of benzene rings is 3. The zero-order chi connectivity index (χ0) is 23.5. The molecule has 0 aliphatic heterocycles. The van der Waals surface area contributed by atoms with Crippen LogP contribution >= 0.6 is 23.2 Å². The molecule has 0 saturated carbocycles. The summed E-state index contributed by atoms with van der Waals surface area (Å²) in [6.45, 7) is 1.98. The third-order valence-corrected chi connectivity index (χ3v) is 5.84. The minimum atomic E-state index is -0.203. The zero-order valence-electron chi connectivity index (χ0n) is 17.6. The second-order valence-corrected chi connectivity index (χ2v) is 8.43. The monoisotopic (exact) mass is 478 g/mol. The predicted molar refractivity (Wildman–Crippen MR) is 134 cm³/mol. The van der Waals surface area contributed by atoms with Crippen molar-refractivity contribution < 1.29 is 15.0 Å². The Balaban J connectivity index is 1.80. The number of aromatic hydroxyl groups is 2. The van der Waals surface area contributed by atoms with Gasteiger partial charge >= 0.3 is 0 Å². The molecule has 0 spiro atoms. The number of halogens is 2. The molecule has 0 heterocycles. The summed E-state index contributed by atoms with van der Waals surface area (Å²) >= 11 is 12.5. The van der Waals surface area contributed by atoms with E-state index in [0.29, 0.717) is 34.1 Å². The van der Waals surface area contributed by atoms with Crippen LogP contribution in [0.25, 0.3) is 0 Å². The maximum absolute atomic E-state index is 11.6. The van der Waals surface area contributed by atoms with Crippen LogP contribution in [0.15, 0.2) is 82.9 Å². The Bertz CT molecular complexity index is 1340. The van der Waals surface area contributed by atoms with E-state index in [2.05, 4.69) is 10.3 Å². The van der Waals surface area contributed by atoms with Crippen molar-refractivity contribution in [3.63, 3.8) is 0 Å². The largest absolute Gasteiger partial charge is 0.508 e. The first kappa shape index (κ1) is 22.6. The van der Waals surface area contributed by atoms with Crippen LogP contribution in [0.3, 0.4) is 0 Å². The van der Waals surface area contributed by atoms with Gasteiger partial charge in [-0.15, -0.1) is 0 Å². The summed E-state index contributed by atoms with van der Waals surface area (Å²) in [6.07, 6.45) is 4.60. The molecular weight excluding hydrogens is 459 g/mol. The highest BCUT2D eigenvalue weighted by Gasteiger charge is 2.15. The summed E-state index contributed by atoms with van der Waals surface area (Å²) in [5.74, 6) is -0.0707. The smallest absolute Gasteiger partial charge is 0.180 e. The van der Waals surface area contributed by atoms with E-state index in [9.17, 15) is 15.0 Å². The minimum Gasteiger partial charge on any atom is -0.508 e. The molecule has 0 fully saturated rings. The number of allylic oxidation sites excluding steroid dienone is 4. The highest BCUT2D eigenvalue weighted by atomic mass is 35.5. The number of ketones is 1. The summed E-state index contributed by atoms with van der Waals surface area (Å²) in [6, 6.07) is 15.8. The van der Waals surface area contributed by atoms with E-state index in [1.807, 2.05) is 31.2 Å². The van der Waals surface area contributed by atoms with E-state index in [1.54, 1.807) is 30.3 Å². The van der Waals surface area contributed by atoms with Gasteiger partial charge in [-0.3, -0.25) is 4.79 Å². The number of hydrogen-bond acceptors (Lipinski definition) is 5. The van der Waals surface area contributed by atoms with Gasteiger partial charge in [-0.25, -0.2) is 4.99 Å². The number of nitrogens with zero attached hydrogens (tertiary/aromatic N) is 1. The molecule has 0 radical (unpaired) electrons. The first-order valence-electron chi connectivity index (χ1n) is 10.1. The van der Waals surface area contributed by atoms with Gasteiger partial charge in [-0.1, -0.05) is 47.5 Å². The van der Waals surface area contributed by atoms with Gasteiger partial charge in [0.1, 0.15) is 11.5 Å². The molecule has 33 heavy (non-hydrogen) atoms. The maximum atomic E-state index is 11.6. The van der Waals surface area contributed by atoms with Crippen molar-refractivity contribution in [1.82, 2.24) is 0 Å². The fraction of sp³-hybridized carbons (Fsp3) is 0.0769. The number of carbonyl (C=O) groups is 1. The van der Waals surface area contributed by atoms with E-state index in [0.717, 1.165) is 16.8 Å². The van der Waals surface area contributed by atoms with E-state index in [4.69, 9.17) is 23.2 Å². The van der Waals surface area contributed by atoms with Gasteiger partial charge in [0.25, 0.3) is 0 Å². The summed E-state index contributed by atoms with van der Waals surface area (Å²) in [5.41, 5.74) is 4.76. The van der Waals surface area contributed by atoms with Crippen LogP contribution in [0.4, 0.5) is 17.1 Å². The highest BCUT2D eigenvalue weighted by molar-refractivity contribution is 6.48. The lowest BCUT2D eigenvalue weighted by Gasteiger charge is -2.16. The molecule has 3 aromatic rings. The number of anilines is 2. The molecule has 1 aliphatic rings. The topological polar surface area (TPSA) is 81.9 Å². The summed E-state index contributed by atoms with van der Waals surface area (Å²) in [7, 11) is 0. The molecule has 3 N–H and O–H groups in total. The number of hydrogen-bond donors (Lipinski definition) is 3. The third kappa shape index (κ3) is 5.28. The normalized spacial score (nSPS) is 14.5. The van der Waals surface area contributed by atoms with Gasteiger partial charge in [0.05, 0.1) is 22.1 Å². The Morgan fingerprint density at radius 1 is 0.939 bits per heavy atom. The molecule has 4 rings (SSSR count). The molecule has 0 atom stereocenters. The van der Waals surface area contributed by atoms with Crippen molar-refractivity contribution in [2.45, 2.75) is 13.3 Å². The molecule has 7 heteroatoms. The molecule has 0 aromatic heterocycles. The Morgan fingerprint density at radius 3 is 2.45 bits per heavy atom. The van der Waals surface area contributed by atoms with Crippen molar-refractivity contribution in [3.8, 4) is 11.5 Å². The summed E-state index contributed by atoms with van der Waals surface area (Å²) in [5, 5.41) is 24.4. The average Bonchev–Trinajstić information content (AvgIpc) is 2.76. The second-order valence-electron chi connectivity index (χ2n) is 7.62. The Hall–Kier alpha value is -3.54. The minimum absolute atomic E-state index is 0.0650. The number of rotatable bonds is 5. The van der Waals surface area contributed by atoms with Crippen LogP contribution in [0.1, 0.15) is 16.7 Å². The first-order chi connectivity index (χ1) is 15.8. The molecule has 3 aromatic carbocycles. The fourth-order valence-corrected chi connectivity index (χ4v) is 3.86. The maximum Gasteiger partial charge on any atom is 0.180 e. The summed E-state index contributed by atoms with van der Waals surface area (Å²) in [4.78, 5) is 16.3. The average molecular weight is 479 g/mol. The van der Waals surface area contributed by atoms with Crippen molar-refractivity contribution in [2.75, 3.05) is 5.32 Å². The van der Waals surface area contributed by atoms with Crippen molar-refractivity contribution in [2.24, 2.45) is 4.99 Å². The number of nitrogens with one attached hydrogen (secondary N) is 1. The van der Waals surface area contributed by atoms with Crippen LogP contribution in [-0.4, -0.2) is 21.7 Å². The third-order valence-electron chi connectivity index (χ3n) is 5.19. The second kappa shape index (κ2) is 9.53. The van der Waals surface area contributed by atoms with Crippen molar-refractivity contribution in [1.29, 1.82) is 0 Å². The van der Waals surface area contributed by atoms with Crippen LogP contribution in [-0.2, 0) is 11.2 Å². The number of para-hydroxylation sites is 1. The van der Waals surface area contributed by atoms with Gasteiger partial charge in [0.15, 0.2) is 5.78 Å². The van der Waals surface area contributed by atoms with E-state index in [1.165, 1.54) is 18.2 Å². The van der Waals surface area contributed by atoms with E-state index < -0.39 is 0 Å². The molecule has 1 aliphatic carbocycles. The van der Waals surface area contributed by atoms with Crippen LogP contribution in [0.2, 0.25) is 5.02 Å². The van der Waals surface area contributed by atoms with Gasteiger partial charge in [0.2, 0.25) is 0 Å². The molecular formula is C26H20Cl2N2O3. The fourth-order valence-electron chi connectivity index (χ4n) is 3.41. The van der Waals surface area contributed by atoms with Crippen LogP contribution < -0.4 is 5.32 Å². The molecule has 0 saturated heterocycles. The number of phenols is 2. The Morgan fingerprint density at radius 2 is 1.73 bits per heavy atom. The number of aryl methyl sites for hydroxylation is 1. The van der Waals surface area contributed by atoms with Crippen molar-refractivity contribution >= 4 is 51.8 Å². The SMILES string of the molecule is Cc1ccccc1Nc1cc(O)c(Cc2ccc(O)cc2Cl)cc1N=C1C=CC(=O)C=C1Cl. The molecule has 5 nitrogen and oxygen atoms in total. The predicted octanol–water partition coefficient (Wildman–Crippen LogP) is 6.73. The highest BCUT2D eigenvalue weighted by Crippen LogP contribution is 2.38. The Kier molecular flexibility index (Phi) is 6.54. The molecule has 0 amide bonds. The molecule has 166 valence electrons. The van der Waals surface area contributed by atoms with E-state index >= 15 is 0 Å².